The molecule has 0 saturated carbocycles. The number of carbonyl (C=O) groups is 1. The van der Waals surface area contributed by atoms with Crippen LogP contribution in [0.25, 0.3) is 0 Å². The van der Waals surface area contributed by atoms with Crippen molar-refractivity contribution in [2.24, 2.45) is 0 Å². The highest BCUT2D eigenvalue weighted by molar-refractivity contribution is 6.31. The Hall–Kier alpha value is -0.820. The Balaban J connectivity index is 2.90. The highest BCUT2D eigenvalue weighted by Crippen LogP contribution is 2.17. The fourth-order valence-electron chi connectivity index (χ4n) is 1.19. The number of hydrogen-bond acceptors (Lipinski definition) is 1. The molecule has 0 heterocycles. The van der Waals surface area contributed by atoms with Gasteiger partial charge in [0.2, 0.25) is 0 Å². The minimum absolute atomic E-state index is 0.197. The van der Waals surface area contributed by atoms with Gasteiger partial charge in [0, 0.05) is 17.0 Å². The first-order valence-electron chi connectivity index (χ1n) is 4.44. The van der Waals surface area contributed by atoms with Crippen molar-refractivity contribution in [1.29, 1.82) is 0 Å². The van der Waals surface area contributed by atoms with Crippen LogP contribution in [0.2, 0.25) is 5.02 Å². The van der Waals surface area contributed by atoms with Crippen LogP contribution in [-0.4, -0.2) is 5.78 Å². The number of benzene rings is 1. The van der Waals surface area contributed by atoms with Crippen molar-refractivity contribution in [3.63, 3.8) is 0 Å². The summed E-state index contributed by atoms with van der Waals surface area (Å²) in [4.78, 5) is 11.5. The topological polar surface area (TPSA) is 17.1 Å². The van der Waals surface area contributed by atoms with Crippen LogP contribution in [0.1, 0.15) is 35.7 Å². The maximum absolute atomic E-state index is 11.5. The van der Waals surface area contributed by atoms with E-state index in [1.54, 1.807) is 12.1 Å². The van der Waals surface area contributed by atoms with Crippen LogP contribution in [-0.2, 0) is 0 Å². The molecule has 0 bridgehead atoms. The van der Waals surface area contributed by atoms with Crippen LogP contribution in [0, 0.1) is 6.92 Å². The summed E-state index contributed by atoms with van der Waals surface area (Å²) in [5.41, 5.74) is 1.73. The maximum atomic E-state index is 11.5. The monoisotopic (exact) mass is 196 g/mol. The van der Waals surface area contributed by atoms with Crippen molar-refractivity contribution in [2.75, 3.05) is 0 Å². The second kappa shape index (κ2) is 4.43. The van der Waals surface area contributed by atoms with E-state index in [0.29, 0.717) is 11.4 Å². The third-order valence-corrected chi connectivity index (χ3v) is 2.38. The number of aryl methyl sites for hydroxylation is 1. The fraction of sp³-hybridized carbons (Fsp3) is 0.364. The molecular formula is C11H13ClO. The van der Waals surface area contributed by atoms with Crippen LogP contribution in [0.5, 0.6) is 0 Å². The van der Waals surface area contributed by atoms with Gasteiger partial charge in [-0.25, -0.2) is 0 Å². The van der Waals surface area contributed by atoms with Gasteiger partial charge in [-0.2, -0.15) is 0 Å². The molecule has 0 atom stereocenters. The Bertz CT molecular complexity index is 318. The molecule has 0 N–H and O–H groups in total. The Morgan fingerprint density at radius 2 is 2.15 bits per heavy atom. The van der Waals surface area contributed by atoms with Gasteiger partial charge in [-0.15, -0.1) is 0 Å². The molecule has 0 radical (unpaired) electrons. The standard InChI is InChI=1S/C11H13ClO/c1-3-4-11(13)9-5-6-10(12)8(2)7-9/h5-7H,3-4H2,1-2H3. The zero-order valence-corrected chi connectivity index (χ0v) is 8.69. The summed E-state index contributed by atoms with van der Waals surface area (Å²) in [5, 5.41) is 0.716. The molecule has 1 aromatic carbocycles. The predicted octanol–water partition coefficient (Wildman–Crippen LogP) is 3.63. The molecule has 0 aliphatic heterocycles. The van der Waals surface area contributed by atoms with E-state index in [9.17, 15) is 4.79 Å². The van der Waals surface area contributed by atoms with Crippen molar-refractivity contribution < 1.29 is 4.79 Å². The molecule has 0 aliphatic rings. The molecule has 2 heteroatoms. The summed E-state index contributed by atoms with van der Waals surface area (Å²) < 4.78 is 0. The maximum Gasteiger partial charge on any atom is 0.162 e. The normalized spacial score (nSPS) is 10.1. The first kappa shape index (κ1) is 10.3. The Morgan fingerprint density at radius 3 is 2.69 bits per heavy atom. The molecule has 0 amide bonds. The second-order valence-corrected chi connectivity index (χ2v) is 3.54. The quantitative estimate of drug-likeness (QED) is 0.675. The molecule has 0 aromatic heterocycles. The second-order valence-electron chi connectivity index (χ2n) is 3.14. The van der Waals surface area contributed by atoms with Gasteiger partial charge in [-0.3, -0.25) is 4.79 Å². The van der Waals surface area contributed by atoms with E-state index in [1.807, 2.05) is 19.9 Å². The fourth-order valence-corrected chi connectivity index (χ4v) is 1.31. The number of halogens is 1. The number of carbonyl (C=O) groups excluding carboxylic acids is 1. The van der Waals surface area contributed by atoms with Gasteiger partial charge in [0.15, 0.2) is 5.78 Å². The Morgan fingerprint density at radius 1 is 1.46 bits per heavy atom. The molecule has 1 rings (SSSR count). The molecule has 0 saturated heterocycles. The van der Waals surface area contributed by atoms with E-state index >= 15 is 0 Å². The van der Waals surface area contributed by atoms with Gasteiger partial charge in [-0.1, -0.05) is 18.5 Å². The van der Waals surface area contributed by atoms with Gasteiger partial charge >= 0.3 is 0 Å². The zero-order chi connectivity index (χ0) is 9.84. The third kappa shape index (κ3) is 2.56. The largest absolute Gasteiger partial charge is 0.294 e. The predicted molar refractivity (Wildman–Crippen MR) is 55.4 cm³/mol. The molecule has 13 heavy (non-hydrogen) atoms. The minimum atomic E-state index is 0.197. The van der Waals surface area contributed by atoms with Crippen molar-refractivity contribution in [3.05, 3.63) is 34.3 Å². The molecule has 1 nitrogen and oxygen atoms in total. The highest BCUT2D eigenvalue weighted by atomic mass is 35.5. The number of Topliss-reactive ketones (excluding diaryl/α,β-unsaturated/α-hetero) is 1. The van der Waals surface area contributed by atoms with Crippen molar-refractivity contribution in [3.8, 4) is 0 Å². The average molecular weight is 197 g/mol. The summed E-state index contributed by atoms with van der Waals surface area (Å²) in [6.45, 7) is 3.91. The van der Waals surface area contributed by atoms with Gasteiger partial charge in [0.05, 0.1) is 0 Å². The SMILES string of the molecule is CCCC(=O)c1ccc(Cl)c(C)c1. The van der Waals surface area contributed by atoms with Gasteiger partial charge in [0.25, 0.3) is 0 Å². The van der Waals surface area contributed by atoms with Gasteiger partial charge in [0.1, 0.15) is 0 Å². The zero-order valence-electron chi connectivity index (χ0n) is 7.93. The number of ketones is 1. The Kier molecular flexibility index (Phi) is 3.49. The molecule has 0 unspecified atom stereocenters. The summed E-state index contributed by atoms with van der Waals surface area (Å²) >= 11 is 5.85. The van der Waals surface area contributed by atoms with Crippen LogP contribution in [0.15, 0.2) is 18.2 Å². The first-order valence-corrected chi connectivity index (χ1v) is 4.82. The lowest BCUT2D eigenvalue weighted by Crippen LogP contribution is -1.98. The lowest BCUT2D eigenvalue weighted by atomic mass is 10.0. The van der Waals surface area contributed by atoms with Gasteiger partial charge < -0.3 is 0 Å². The molecule has 0 aliphatic carbocycles. The molecule has 70 valence electrons. The van der Waals surface area contributed by atoms with Crippen LogP contribution < -0.4 is 0 Å². The molecular weight excluding hydrogens is 184 g/mol. The van der Waals surface area contributed by atoms with E-state index in [1.165, 1.54) is 0 Å². The van der Waals surface area contributed by atoms with E-state index in [0.717, 1.165) is 17.5 Å². The molecule has 1 aromatic rings. The van der Waals surface area contributed by atoms with E-state index in [-0.39, 0.29) is 5.78 Å². The molecule has 0 spiro atoms. The molecule has 0 fully saturated rings. The number of rotatable bonds is 3. The smallest absolute Gasteiger partial charge is 0.162 e. The summed E-state index contributed by atoms with van der Waals surface area (Å²) in [6.07, 6.45) is 1.50. The Labute approximate surface area is 83.7 Å². The van der Waals surface area contributed by atoms with Crippen molar-refractivity contribution >= 4 is 17.4 Å². The van der Waals surface area contributed by atoms with Crippen molar-refractivity contribution in [2.45, 2.75) is 26.7 Å². The summed E-state index contributed by atoms with van der Waals surface area (Å²) in [6, 6.07) is 5.41. The van der Waals surface area contributed by atoms with Crippen molar-refractivity contribution in [1.82, 2.24) is 0 Å². The van der Waals surface area contributed by atoms with Gasteiger partial charge in [-0.05, 0) is 37.1 Å². The van der Waals surface area contributed by atoms with E-state index < -0.39 is 0 Å². The van der Waals surface area contributed by atoms with Crippen LogP contribution >= 0.6 is 11.6 Å². The minimum Gasteiger partial charge on any atom is -0.294 e. The summed E-state index contributed by atoms with van der Waals surface area (Å²) in [7, 11) is 0. The van der Waals surface area contributed by atoms with Crippen LogP contribution in [0.3, 0.4) is 0 Å². The average Bonchev–Trinajstić information content (AvgIpc) is 2.10. The lowest BCUT2D eigenvalue weighted by Gasteiger charge is -2.01. The van der Waals surface area contributed by atoms with Crippen LogP contribution in [0.4, 0.5) is 0 Å². The first-order chi connectivity index (χ1) is 6.15. The number of hydrogen-bond donors (Lipinski definition) is 0. The third-order valence-electron chi connectivity index (χ3n) is 1.96. The highest BCUT2D eigenvalue weighted by Gasteiger charge is 2.05. The lowest BCUT2D eigenvalue weighted by molar-refractivity contribution is 0.0981. The van der Waals surface area contributed by atoms with E-state index in [4.69, 9.17) is 11.6 Å². The van der Waals surface area contributed by atoms with E-state index in [2.05, 4.69) is 0 Å². The summed E-state index contributed by atoms with van der Waals surface area (Å²) in [5.74, 6) is 0.197.